The highest BCUT2D eigenvalue weighted by Gasteiger charge is 2.21. The van der Waals surface area contributed by atoms with Crippen molar-refractivity contribution in [3.8, 4) is 0 Å². The van der Waals surface area contributed by atoms with Gasteiger partial charge in [-0.1, -0.05) is 6.92 Å². The van der Waals surface area contributed by atoms with Gasteiger partial charge in [-0.25, -0.2) is 0 Å². The molecule has 2 amide bonds. The number of carbonyl (C=O) groups excluding carboxylic acids is 2. The highest BCUT2D eigenvalue weighted by molar-refractivity contribution is 8.00. The van der Waals surface area contributed by atoms with Gasteiger partial charge >= 0.3 is 0 Å². The highest BCUT2D eigenvalue weighted by atomic mass is 32.2. The molecule has 1 aliphatic rings. The number of nitrogens with one attached hydrogen (secondary N) is 2. The number of thiophene rings is 1. The standard InChI is InChI=1S/C26H30N4O3S2/c1-3-19-5-6-21(35-19)14-28-23-8-7-20(13-22(23)27)34-16-25(31)29-18-4-9-24(17(2)12-18)30-10-11-33-15-26(30)32/h4-9,12-13,28H,3,10-11,14-16,27H2,1-2H3,(H,29,31). The molecule has 3 aromatic rings. The van der Waals surface area contributed by atoms with Crippen molar-refractivity contribution in [2.45, 2.75) is 31.7 Å². The van der Waals surface area contributed by atoms with Crippen LogP contribution in [0.5, 0.6) is 0 Å². The Labute approximate surface area is 214 Å². The van der Waals surface area contributed by atoms with Gasteiger partial charge in [0.1, 0.15) is 6.61 Å². The lowest BCUT2D eigenvalue weighted by Crippen LogP contribution is -2.42. The van der Waals surface area contributed by atoms with E-state index < -0.39 is 0 Å². The summed E-state index contributed by atoms with van der Waals surface area (Å²) in [5.74, 6) is 0.115. The predicted octanol–water partition coefficient (Wildman–Crippen LogP) is 4.91. The number of thioether (sulfide) groups is 1. The van der Waals surface area contributed by atoms with Crippen molar-refractivity contribution in [2.24, 2.45) is 0 Å². The van der Waals surface area contributed by atoms with Crippen molar-refractivity contribution < 1.29 is 14.3 Å². The van der Waals surface area contributed by atoms with Crippen LogP contribution in [0.25, 0.3) is 0 Å². The van der Waals surface area contributed by atoms with Gasteiger partial charge in [0, 0.05) is 39.1 Å². The Morgan fingerprint density at radius 1 is 1.17 bits per heavy atom. The maximum Gasteiger partial charge on any atom is 0.253 e. The second kappa shape index (κ2) is 11.6. The van der Waals surface area contributed by atoms with E-state index in [-0.39, 0.29) is 24.2 Å². The fourth-order valence-electron chi connectivity index (χ4n) is 3.84. The zero-order valence-electron chi connectivity index (χ0n) is 19.9. The van der Waals surface area contributed by atoms with Crippen molar-refractivity contribution >= 4 is 57.7 Å². The van der Waals surface area contributed by atoms with Gasteiger partial charge in [-0.3, -0.25) is 9.59 Å². The van der Waals surface area contributed by atoms with Gasteiger partial charge < -0.3 is 26.0 Å². The number of rotatable bonds is 9. The van der Waals surface area contributed by atoms with Crippen LogP contribution in [0.2, 0.25) is 0 Å². The first-order valence-corrected chi connectivity index (χ1v) is 13.4. The molecule has 184 valence electrons. The summed E-state index contributed by atoms with van der Waals surface area (Å²) in [6.45, 7) is 5.99. The Morgan fingerprint density at radius 2 is 2.00 bits per heavy atom. The van der Waals surface area contributed by atoms with Crippen LogP contribution in [0.4, 0.5) is 22.7 Å². The smallest absolute Gasteiger partial charge is 0.253 e. The van der Waals surface area contributed by atoms with Gasteiger partial charge in [-0.2, -0.15) is 0 Å². The second-order valence-electron chi connectivity index (χ2n) is 8.26. The Kier molecular flexibility index (Phi) is 8.33. The Morgan fingerprint density at radius 3 is 2.71 bits per heavy atom. The second-order valence-corrected chi connectivity index (χ2v) is 10.6. The lowest BCUT2D eigenvalue weighted by atomic mass is 10.1. The summed E-state index contributed by atoms with van der Waals surface area (Å²) < 4.78 is 5.20. The topological polar surface area (TPSA) is 96.7 Å². The number of hydrogen-bond donors (Lipinski definition) is 3. The predicted molar refractivity (Wildman–Crippen MR) is 146 cm³/mol. The lowest BCUT2D eigenvalue weighted by Gasteiger charge is -2.28. The van der Waals surface area contributed by atoms with E-state index in [2.05, 4.69) is 29.7 Å². The Bertz CT molecular complexity index is 1210. The monoisotopic (exact) mass is 510 g/mol. The molecule has 1 aliphatic heterocycles. The van der Waals surface area contributed by atoms with E-state index in [4.69, 9.17) is 10.5 Å². The number of carbonyl (C=O) groups is 2. The minimum absolute atomic E-state index is 0.0508. The molecule has 0 bridgehead atoms. The van der Waals surface area contributed by atoms with Gasteiger partial charge in [0.2, 0.25) is 5.91 Å². The molecule has 0 aliphatic carbocycles. The number of nitrogens with two attached hydrogens (primary N) is 1. The largest absolute Gasteiger partial charge is 0.397 e. The number of nitrogens with zero attached hydrogens (tertiary/aromatic N) is 1. The van der Waals surface area contributed by atoms with Gasteiger partial charge in [0.05, 0.1) is 23.7 Å². The summed E-state index contributed by atoms with van der Waals surface area (Å²) in [5.41, 5.74) is 10.3. The molecule has 4 N–H and O–H groups in total. The van der Waals surface area contributed by atoms with E-state index in [0.29, 0.717) is 24.5 Å². The number of aryl methyl sites for hydroxylation is 2. The number of ether oxygens (including phenoxy) is 1. The summed E-state index contributed by atoms with van der Waals surface area (Å²) in [7, 11) is 0. The van der Waals surface area contributed by atoms with Crippen LogP contribution in [0.1, 0.15) is 22.2 Å². The van der Waals surface area contributed by atoms with Gasteiger partial charge in [-0.15, -0.1) is 23.1 Å². The normalized spacial score (nSPS) is 13.7. The minimum Gasteiger partial charge on any atom is -0.397 e. The summed E-state index contributed by atoms with van der Waals surface area (Å²) in [6, 6.07) is 15.7. The maximum atomic E-state index is 12.5. The molecular formula is C26H30N4O3S2. The van der Waals surface area contributed by atoms with Crippen LogP contribution in [-0.4, -0.2) is 37.3 Å². The molecule has 4 rings (SSSR count). The molecule has 2 aromatic carbocycles. The molecule has 35 heavy (non-hydrogen) atoms. The van der Waals surface area contributed by atoms with Crippen LogP contribution in [0.15, 0.2) is 53.4 Å². The molecule has 9 heteroatoms. The molecule has 0 atom stereocenters. The molecule has 0 spiro atoms. The molecule has 1 fully saturated rings. The minimum atomic E-state index is -0.102. The van der Waals surface area contributed by atoms with E-state index in [1.165, 1.54) is 21.5 Å². The number of amides is 2. The maximum absolute atomic E-state index is 12.5. The number of benzene rings is 2. The van der Waals surface area contributed by atoms with Crippen molar-refractivity contribution in [1.29, 1.82) is 0 Å². The fraction of sp³-hybridized carbons (Fsp3) is 0.308. The first-order chi connectivity index (χ1) is 16.9. The number of anilines is 4. The molecule has 1 saturated heterocycles. The number of hydrogen-bond acceptors (Lipinski definition) is 7. The van der Waals surface area contributed by atoms with Gasteiger partial charge in [-0.05, 0) is 67.4 Å². The first kappa shape index (κ1) is 25.1. The molecule has 2 heterocycles. The van der Waals surface area contributed by atoms with Gasteiger partial charge in [0.15, 0.2) is 0 Å². The first-order valence-electron chi connectivity index (χ1n) is 11.6. The van der Waals surface area contributed by atoms with Crippen molar-refractivity contribution in [3.63, 3.8) is 0 Å². The third kappa shape index (κ3) is 6.56. The SMILES string of the molecule is CCc1ccc(CNc2ccc(SCC(=O)Nc3ccc(N4CCOCC4=O)c(C)c3)cc2N)s1. The van der Waals surface area contributed by atoms with E-state index >= 15 is 0 Å². The van der Waals surface area contributed by atoms with Crippen molar-refractivity contribution in [3.05, 3.63) is 63.8 Å². The average molecular weight is 511 g/mol. The third-order valence-electron chi connectivity index (χ3n) is 5.67. The van der Waals surface area contributed by atoms with E-state index in [0.717, 1.165) is 34.8 Å². The molecule has 7 nitrogen and oxygen atoms in total. The zero-order valence-corrected chi connectivity index (χ0v) is 21.6. The number of morpholine rings is 1. The average Bonchev–Trinajstić information content (AvgIpc) is 3.31. The number of nitrogen functional groups attached to an aromatic ring is 1. The summed E-state index contributed by atoms with van der Waals surface area (Å²) >= 11 is 3.24. The van der Waals surface area contributed by atoms with Crippen LogP contribution in [-0.2, 0) is 27.3 Å². The van der Waals surface area contributed by atoms with E-state index in [1.807, 2.05) is 54.7 Å². The summed E-state index contributed by atoms with van der Waals surface area (Å²) in [4.78, 5) is 29.9. The molecular weight excluding hydrogens is 480 g/mol. The summed E-state index contributed by atoms with van der Waals surface area (Å²) in [5, 5.41) is 6.33. The molecule has 0 radical (unpaired) electrons. The molecule has 0 saturated carbocycles. The molecule has 1 aromatic heterocycles. The van der Waals surface area contributed by atoms with Crippen molar-refractivity contribution in [1.82, 2.24) is 0 Å². The Balaban J connectivity index is 1.28. The highest BCUT2D eigenvalue weighted by Crippen LogP contribution is 2.28. The summed E-state index contributed by atoms with van der Waals surface area (Å²) in [6.07, 6.45) is 1.05. The van der Waals surface area contributed by atoms with Crippen molar-refractivity contribution in [2.75, 3.05) is 46.8 Å². The molecule has 0 unspecified atom stereocenters. The quantitative estimate of drug-likeness (QED) is 0.280. The zero-order chi connectivity index (χ0) is 24.8. The lowest BCUT2D eigenvalue weighted by molar-refractivity contribution is -0.125. The fourth-order valence-corrected chi connectivity index (χ4v) is 5.48. The van der Waals surface area contributed by atoms with Crippen LogP contribution >= 0.6 is 23.1 Å². The Hall–Kier alpha value is -3.01. The van der Waals surface area contributed by atoms with E-state index in [9.17, 15) is 9.59 Å². The van der Waals surface area contributed by atoms with E-state index in [1.54, 1.807) is 4.90 Å². The third-order valence-corrected chi connectivity index (χ3v) is 7.89. The van der Waals surface area contributed by atoms with Crippen LogP contribution in [0, 0.1) is 6.92 Å². The van der Waals surface area contributed by atoms with Crippen LogP contribution < -0.4 is 21.3 Å². The van der Waals surface area contributed by atoms with Gasteiger partial charge in [0.25, 0.3) is 5.91 Å². The van der Waals surface area contributed by atoms with Crippen LogP contribution in [0.3, 0.4) is 0 Å².